The Hall–Kier alpha value is -4.78. The number of nitrogens with two attached hydrogens (primary N) is 1. The number of phenolic OH excluding ortho intramolecular Hbond substituents is 1. The van der Waals surface area contributed by atoms with Crippen LogP contribution in [0.25, 0.3) is 11.3 Å². The lowest BCUT2D eigenvalue weighted by molar-refractivity contribution is -0.132. The molecule has 2 unspecified atom stereocenters. The normalized spacial score (nSPS) is 19.5. The molecule has 2 amide bonds. The number of carbonyl (C=O) groups is 2. The van der Waals surface area contributed by atoms with Crippen molar-refractivity contribution >= 4 is 29.2 Å². The molecule has 262 valence electrons. The van der Waals surface area contributed by atoms with Gasteiger partial charge in [-0.05, 0) is 63.9 Å². The van der Waals surface area contributed by atoms with Gasteiger partial charge in [0, 0.05) is 88.2 Å². The molecule has 2 bridgehead atoms. The molecule has 4 heterocycles. The third-order valence-electron chi connectivity index (χ3n) is 9.33. The molecule has 6 rings (SSSR count). The molecule has 13 nitrogen and oxygen atoms in total. The van der Waals surface area contributed by atoms with Gasteiger partial charge >= 0.3 is 6.09 Å². The van der Waals surface area contributed by atoms with Crippen molar-refractivity contribution in [2.45, 2.75) is 57.7 Å². The molecular formula is C36H48N8O5. The highest BCUT2D eigenvalue weighted by atomic mass is 16.6. The number of alkyl carbamates (subject to hydrolysis) is 1. The van der Waals surface area contributed by atoms with E-state index in [-0.39, 0.29) is 24.6 Å². The average Bonchev–Trinajstić information content (AvgIpc) is 3.34. The minimum absolute atomic E-state index is 0.0386. The topological polar surface area (TPSA) is 150 Å². The number of hydrogen-bond donors (Lipinski definition) is 3. The van der Waals surface area contributed by atoms with Crippen molar-refractivity contribution in [1.82, 2.24) is 25.3 Å². The summed E-state index contributed by atoms with van der Waals surface area (Å²) in [6.07, 6.45) is 1.93. The van der Waals surface area contributed by atoms with Crippen LogP contribution in [0, 0.1) is 0 Å². The first-order chi connectivity index (χ1) is 23.5. The third kappa shape index (κ3) is 8.45. The fourth-order valence-electron chi connectivity index (χ4n) is 6.98. The number of nitrogens with one attached hydrogen (secondary N) is 1. The molecule has 0 spiro atoms. The second-order valence-electron chi connectivity index (χ2n) is 14.0. The number of aromatic hydroxyl groups is 1. The Labute approximate surface area is 288 Å². The lowest BCUT2D eigenvalue weighted by atomic mass is 10.1. The molecule has 0 aliphatic carbocycles. The lowest BCUT2D eigenvalue weighted by Crippen LogP contribution is -2.54. The number of hydrogen-bond acceptors (Lipinski definition) is 11. The highest BCUT2D eigenvalue weighted by molar-refractivity contribution is 5.77. The molecule has 49 heavy (non-hydrogen) atoms. The quantitative estimate of drug-likeness (QED) is 0.289. The number of amides is 2. The molecule has 3 aromatic rings. The Morgan fingerprint density at radius 1 is 0.980 bits per heavy atom. The summed E-state index contributed by atoms with van der Waals surface area (Å²) in [5, 5.41) is 21.5. The van der Waals surface area contributed by atoms with Crippen LogP contribution in [0.4, 0.5) is 22.0 Å². The van der Waals surface area contributed by atoms with Crippen LogP contribution < -0.4 is 25.6 Å². The summed E-state index contributed by atoms with van der Waals surface area (Å²) >= 11 is 0. The van der Waals surface area contributed by atoms with Crippen molar-refractivity contribution < 1.29 is 24.2 Å². The first-order valence-electron chi connectivity index (χ1n) is 17.2. The number of nitrogen functional groups attached to an aromatic ring is 1. The van der Waals surface area contributed by atoms with Crippen molar-refractivity contribution in [1.29, 1.82) is 0 Å². The van der Waals surface area contributed by atoms with Gasteiger partial charge in [0.15, 0.2) is 5.82 Å². The summed E-state index contributed by atoms with van der Waals surface area (Å²) in [7, 11) is 0. The standard InChI is InChI=1S/C36H48N8O5/c1-36(2,3)49-35(47)38-14-13-33(46)42-17-15-41(16-18-42)19-20-48-28-8-6-7-25(21-28)44-26-11-12-27(44)24-43(23-26)31-22-30(39-40-34(31)37)29-9-4-5-10-32(29)45/h4-10,21-22,26-27,45H,11-20,23-24H2,1-3H3,(H2,37,40)(H,38,47). The molecule has 3 aliphatic rings. The summed E-state index contributed by atoms with van der Waals surface area (Å²) in [4.78, 5) is 33.5. The van der Waals surface area contributed by atoms with Crippen LogP contribution >= 0.6 is 0 Å². The maximum Gasteiger partial charge on any atom is 0.407 e. The fourth-order valence-corrected chi connectivity index (χ4v) is 6.98. The largest absolute Gasteiger partial charge is 0.507 e. The van der Waals surface area contributed by atoms with Gasteiger partial charge in [-0.25, -0.2) is 4.79 Å². The summed E-state index contributed by atoms with van der Waals surface area (Å²) in [6.45, 7) is 11.5. The number of piperazine rings is 2. The van der Waals surface area contributed by atoms with E-state index in [4.69, 9.17) is 15.2 Å². The third-order valence-corrected chi connectivity index (χ3v) is 9.33. The molecule has 0 radical (unpaired) electrons. The van der Waals surface area contributed by atoms with Crippen molar-refractivity contribution in [3.8, 4) is 22.8 Å². The second-order valence-corrected chi connectivity index (χ2v) is 14.0. The molecule has 3 aliphatic heterocycles. The van der Waals surface area contributed by atoms with E-state index in [1.807, 2.05) is 49.9 Å². The van der Waals surface area contributed by atoms with E-state index < -0.39 is 11.7 Å². The number of ether oxygens (including phenoxy) is 2. The van der Waals surface area contributed by atoms with Gasteiger partial charge in [-0.1, -0.05) is 18.2 Å². The number of carbonyl (C=O) groups excluding carboxylic acids is 2. The van der Waals surface area contributed by atoms with Crippen LogP contribution in [0.5, 0.6) is 11.5 Å². The SMILES string of the molecule is CC(C)(C)OC(=O)NCCC(=O)N1CCN(CCOc2cccc(N3C4CCC3CN(c3cc(-c5ccccc5O)nnc3N)C4)c2)CC1. The van der Waals surface area contributed by atoms with Crippen molar-refractivity contribution in [3.63, 3.8) is 0 Å². The summed E-state index contributed by atoms with van der Waals surface area (Å²) < 4.78 is 11.5. The van der Waals surface area contributed by atoms with Gasteiger partial charge in [-0.15, -0.1) is 10.2 Å². The van der Waals surface area contributed by atoms with Crippen LogP contribution in [-0.4, -0.2) is 114 Å². The van der Waals surface area contributed by atoms with Crippen LogP contribution in [-0.2, 0) is 9.53 Å². The highest BCUT2D eigenvalue weighted by Crippen LogP contribution is 2.39. The molecule has 2 aromatic carbocycles. The van der Waals surface area contributed by atoms with E-state index >= 15 is 0 Å². The van der Waals surface area contributed by atoms with E-state index in [1.165, 1.54) is 0 Å². The van der Waals surface area contributed by atoms with Crippen molar-refractivity contribution in [2.75, 3.05) is 74.5 Å². The van der Waals surface area contributed by atoms with E-state index in [9.17, 15) is 14.7 Å². The van der Waals surface area contributed by atoms with E-state index in [1.54, 1.807) is 12.1 Å². The van der Waals surface area contributed by atoms with Gasteiger partial charge in [0.1, 0.15) is 23.7 Å². The fraction of sp³-hybridized carbons (Fsp3) is 0.500. The second kappa shape index (κ2) is 14.8. The molecule has 13 heteroatoms. The Bertz CT molecular complexity index is 1610. The van der Waals surface area contributed by atoms with Crippen molar-refractivity contribution in [3.05, 3.63) is 54.6 Å². The first kappa shape index (κ1) is 34.1. The molecular weight excluding hydrogens is 624 g/mol. The molecule has 0 saturated carbocycles. The summed E-state index contributed by atoms with van der Waals surface area (Å²) in [6, 6.07) is 18.1. The monoisotopic (exact) mass is 672 g/mol. The predicted octanol–water partition coefficient (Wildman–Crippen LogP) is 3.73. The van der Waals surface area contributed by atoms with Crippen LogP contribution in [0.15, 0.2) is 54.6 Å². The molecule has 4 N–H and O–H groups in total. The van der Waals surface area contributed by atoms with Gasteiger partial charge in [-0.2, -0.15) is 0 Å². The number of anilines is 3. The van der Waals surface area contributed by atoms with Crippen molar-refractivity contribution in [2.24, 2.45) is 0 Å². The Morgan fingerprint density at radius 2 is 1.71 bits per heavy atom. The Morgan fingerprint density at radius 3 is 2.43 bits per heavy atom. The number of rotatable bonds is 10. The van der Waals surface area contributed by atoms with Gasteiger partial charge in [0.25, 0.3) is 0 Å². The number of fused-ring (bicyclic) bond motifs is 2. The van der Waals surface area contributed by atoms with Crippen LogP contribution in [0.3, 0.4) is 0 Å². The maximum absolute atomic E-state index is 12.6. The van der Waals surface area contributed by atoms with Crippen LogP contribution in [0.1, 0.15) is 40.0 Å². The van der Waals surface area contributed by atoms with E-state index in [0.29, 0.717) is 48.9 Å². The van der Waals surface area contributed by atoms with Crippen LogP contribution in [0.2, 0.25) is 0 Å². The number of nitrogens with zero attached hydrogens (tertiary/aromatic N) is 6. The highest BCUT2D eigenvalue weighted by Gasteiger charge is 2.41. The minimum Gasteiger partial charge on any atom is -0.507 e. The maximum atomic E-state index is 12.6. The van der Waals surface area contributed by atoms with Gasteiger partial charge in [0.2, 0.25) is 5.91 Å². The minimum atomic E-state index is -0.565. The zero-order chi connectivity index (χ0) is 34.5. The van der Waals surface area contributed by atoms with E-state index in [0.717, 1.165) is 62.7 Å². The lowest BCUT2D eigenvalue weighted by Gasteiger charge is -2.43. The zero-order valence-electron chi connectivity index (χ0n) is 28.7. The van der Waals surface area contributed by atoms with Gasteiger partial charge in [-0.3, -0.25) is 9.69 Å². The summed E-state index contributed by atoms with van der Waals surface area (Å²) in [5.41, 5.74) is 9.01. The van der Waals surface area contributed by atoms with Gasteiger partial charge in [0.05, 0.1) is 11.4 Å². The average molecular weight is 673 g/mol. The Balaban J connectivity index is 0.967. The molecule has 3 fully saturated rings. The first-order valence-corrected chi connectivity index (χ1v) is 17.2. The Kier molecular flexibility index (Phi) is 10.3. The molecule has 2 atom stereocenters. The molecule has 1 aromatic heterocycles. The zero-order valence-corrected chi connectivity index (χ0v) is 28.7. The predicted molar refractivity (Wildman–Crippen MR) is 189 cm³/mol. The molecule has 3 saturated heterocycles. The van der Waals surface area contributed by atoms with E-state index in [2.05, 4.69) is 48.4 Å². The summed E-state index contributed by atoms with van der Waals surface area (Å²) in [5.74, 6) is 1.44. The number of phenols is 1. The number of para-hydroxylation sites is 1. The number of aromatic nitrogens is 2. The smallest absolute Gasteiger partial charge is 0.407 e. The van der Waals surface area contributed by atoms with Gasteiger partial charge < -0.3 is 40.3 Å². The number of benzene rings is 2.